The first kappa shape index (κ1) is 10.9. The predicted octanol–water partition coefficient (Wildman–Crippen LogP) is -2.44. The van der Waals surface area contributed by atoms with E-state index in [1.807, 2.05) is 0 Å². The van der Waals surface area contributed by atoms with Gasteiger partial charge >= 0.3 is 11.9 Å². The number of likely N-dealkylation sites (tertiary alicyclic amines) is 1. The quantitative estimate of drug-likeness (QED) is 0.395. The maximum atomic E-state index is 10.7. The molecule has 7 nitrogen and oxygen atoms in total. The molecule has 1 aliphatic heterocycles. The lowest BCUT2D eigenvalue weighted by atomic mass is 9.86. The molecule has 0 radical (unpaired) electrons. The standard InChI is InChI=1S/C7H11NO6/c1-8-2-6(13,4(9)10)7(14,3-8)5(11)12/h13-14H,2-3H2,1H3,(H,9,10)(H,11,12)/t6-,7+. The van der Waals surface area contributed by atoms with Crippen LogP contribution in [0, 0.1) is 0 Å². The lowest BCUT2D eigenvalue weighted by Crippen LogP contribution is -2.63. The first-order valence-corrected chi connectivity index (χ1v) is 3.84. The number of aliphatic hydroxyl groups is 2. The minimum Gasteiger partial charge on any atom is -0.479 e. The van der Waals surface area contributed by atoms with Crippen molar-refractivity contribution < 1.29 is 30.0 Å². The zero-order chi connectivity index (χ0) is 11.1. The van der Waals surface area contributed by atoms with E-state index < -0.39 is 36.2 Å². The van der Waals surface area contributed by atoms with Crippen molar-refractivity contribution in [3.63, 3.8) is 0 Å². The van der Waals surface area contributed by atoms with Crippen LogP contribution in [0.2, 0.25) is 0 Å². The van der Waals surface area contributed by atoms with E-state index in [1.54, 1.807) is 0 Å². The van der Waals surface area contributed by atoms with Gasteiger partial charge in [0.1, 0.15) is 0 Å². The molecule has 0 aromatic carbocycles. The average molecular weight is 205 g/mol. The third-order valence-electron chi connectivity index (χ3n) is 2.39. The van der Waals surface area contributed by atoms with Crippen LogP contribution < -0.4 is 0 Å². The summed E-state index contributed by atoms with van der Waals surface area (Å²) < 4.78 is 0. The second kappa shape index (κ2) is 2.91. The first-order chi connectivity index (χ1) is 6.24. The van der Waals surface area contributed by atoms with Crippen LogP contribution in [-0.2, 0) is 9.59 Å². The Balaban J connectivity index is 3.17. The number of hydrogen-bond acceptors (Lipinski definition) is 5. The van der Waals surface area contributed by atoms with Crippen LogP contribution in [0.3, 0.4) is 0 Å². The van der Waals surface area contributed by atoms with Gasteiger partial charge in [0.25, 0.3) is 0 Å². The molecule has 1 heterocycles. The Labute approximate surface area is 79.2 Å². The molecule has 0 aromatic rings. The summed E-state index contributed by atoms with van der Waals surface area (Å²) in [5.41, 5.74) is -5.32. The van der Waals surface area contributed by atoms with Crippen molar-refractivity contribution >= 4 is 11.9 Å². The van der Waals surface area contributed by atoms with Gasteiger partial charge in [-0.05, 0) is 7.05 Å². The Kier molecular flexibility index (Phi) is 2.26. The Hall–Kier alpha value is -1.18. The average Bonchev–Trinajstić information content (AvgIpc) is 2.24. The summed E-state index contributed by atoms with van der Waals surface area (Å²) in [6, 6.07) is 0. The summed E-state index contributed by atoms with van der Waals surface area (Å²) >= 11 is 0. The minimum atomic E-state index is -2.66. The topological polar surface area (TPSA) is 118 Å². The predicted molar refractivity (Wildman–Crippen MR) is 42.7 cm³/mol. The zero-order valence-electron chi connectivity index (χ0n) is 7.47. The first-order valence-electron chi connectivity index (χ1n) is 3.84. The fraction of sp³-hybridized carbons (Fsp3) is 0.714. The lowest BCUT2D eigenvalue weighted by Gasteiger charge is -2.28. The SMILES string of the molecule is CN1C[C@@](O)(C(=O)O)[C@@](O)(C(=O)O)C1. The van der Waals surface area contributed by atoms with E-state index in [0.717, 1.165) is 0 Å². The molecule has 0 aliphatic carbocycles. The van der Waals surface area contributed by atoms with Gasteiger partial charge in [0, 0.05) is 13.1 Å². The highest BCUT2D eigenvalue weighted by molar-refractivity contribution is 5.92. The van der Waals surface area contributed by atoms with Crippen molar-refractivity contribution in [2.45, 2.75) is 11.2 Å². The van der Waals surface area contributed by atoms with Gasteiger partial charge in [0.2, 0.25) is 11.2 Å². The fourth-order valence-corrected chi connectivity index (χ4v) is 1.59. The number of hydrogen-bond donors (Lipinski definition) is 4. The van der Waals surface area contributed by atoms with Crippen LogP contribution in [0.25, 0.3) is 0 Å². The van der Waals surface area contributed by atoms with Crippen molar-refractivity contribution in [2.75, 3.05) is 20.1 Å². The number of likely N-dealkylation sites (N-methyl/N-ethyl adjacent to an activating group) is 1. The van der Waals surface area contributed by atoms with E-state index in [-0.39, 0.29) is 0 Å². The summed E-state index contributed by atoms with van der Waals surface area (Å²) in [5, 5.41) is 36.5. The normalized spacial score (nSPS) is 38.5. The molecule has 0 bridgehead atoms. The van der Waals surface area contributed by atoms with Crippen LogP contribution in [0.5, 0.6) is 0 Å². The molecule has 14 heavy (non-hydrogen) atoms. The van der Waals surface area contributed by atoms with Gasteiger partial charge in [0.05, 0.1) is 0 Å². The second-order valence-electron chi connectivity index (χ2n) is 3.50. The highest BCUT2D eigenvalue weighted by atomic mass is 16.5. The van der Waals surface area contributed by atoms with E-state index >= 15 is 0 Å². The molecule has 7 heteroatoms. The maximum Gasteiger partial charge on any atom is 0.340 e. The number of carboxylic acids is 2. The molecule has 2 atom stereocenters. The number of β-amino-alcohol motifs (C(OH)–C–C–N with tert-alkyl or cyclic N) is 2. The number of carbonyl (C=O) groups is 2. The van der Waals surface area contributed by atoms with Crippen molar-refractivity contribution in [3.05, 3.63) is 0 Å². The fourth-order valence-electron chi connectivity index (χ4n) is 1.59. The summed E-state index contributed by atoms with van der Waals surface area (Å²) in [5.74, 6) is -3.49. The van der Waals surface area contributed by atoms with Crippen molar-refractivity contribution in [3.8, 4) is 0 Å². The summed E-state index contributed by atoms with van der Waals surface area (Å²) in [6.07, 6.45) is 0. The molecular weight excluding hydrogens is 194 g/mol. The molecule has 4 N–H and O–H groups in total. The van der Waals surface area contributed by atoms with Gasteiger partial charge in [-0.1, -0.05) is 0 Å². The van der Waals surface area contributed by atoms with Crippen LogP contribution >= 0.6 is 0 Å². The molecular formula is C7H11NO6. The van der Waals surface area contributed by atoms with Gasteiger partial charge in [-0.25, -0.2) is 9.59 Å². The molecule has 1 aliphatic rings. The molecule has 1 saturated heterocycles. The third kappa shape index (κ3) is 1.17. The summed E-state index contributed by atoms with van der Waals surface area (Å²) in [7, 11) is 1.41. The maximum absolute atomic E-state index is 10.7. The smallest absolute Gasteiger partial charge is 0.340 e. The third-order valence-corrected chi connectivity index (χ3v) is 2.39. The molecule has 80 valence electrons. The molecule has 0 aromatic heterocycles. The van der Waals surface area contributed by atoms with Crippen molar-refractivity contribution in [1.29, 1.82) is 0 Å². The van der Waals surface area contributed by atoms with Crippen molar-refractivity contribution in [2.24, 2.45) is 0 Å². The zero-order valence-corrected chi connectivity index (χ0v) is 7.47. The summed E-state index contributed by atoms with van der Waals surface area (Å²) in [4.78, 5) is 22.6. The van der Waals surface area contributed by atoms with Gasteiger partial charge < -0.3 is 20.4 Å². The highest BCUT2D eigenvalue weighted by Gasteiger charge is 2.65. The van der Waals surface area contributed by atoms with Crippen LogP contribution in [0.1, 0.15) is 0 Å². The molecule has 0 unspecified atom stereocenters. The van der Waals surface area contributed by atoms with Crippen LogP contribution in [-0.4, -0.2) is 68.6 Å². The van der Waals surface area contributed by atoms with Crippen LogP contribution in [0.4, 0.5) is 0 Å². The number of aliphatic carboxylic acids is 2. The van der Waals surface area contributed by atoms with Gasteiger partial charge in [0.15, 0.2) is 0 Å². The Morgan fingerprint density at radius 1 is 1.07 bits per heavy atom. The van der Waals surface area contributed by atoms with Gasteiger partial charge in [-0.15, -0.1) is 0 Å². The Morgan fingerprint density at radius 3 is 1.57 bits per heavy atom. The van der Waals surface area contributed by atoms with Gasteiger partial charge in [-0.3, -0.25) is 4.90 Å². The molecule has 1 fully saturated rings. The largest absolute Gasteiger partial charge is 0.479 e. The Morgan fingerprint density at radius 2 is 1.36 bits per heavy atom. The van der Waals surface area contributed by atoms with Crippen LogP contribution in [0.15, 0.2) is 0 Å². The number of rotatable bonds is 2. The molecule has 0 amide bonds. The van der Waals surface area contributed by atoms with E-state index in [0.29, 0.717) is 0 Å². The number of carboxylic acid groups (broad SMARTS) is 2. The molecule has 0 saturated carbocycles. The number of nitrogens with zero attached hydrogens (tertiary/aromatic N) is 1. The summed E-state index contributed by atoms with van der Waals surface area (Å²) in [6.45, 7) is -0.851. The lowest BCUT2D eigenvalue weighted by molar-refractivity contribution is -0.195. The minimum absolute atomic E-state index is 0.425. The van der Waals surface area contributed by atoms with E-state index in [4.69, 9.17) is 10.2 Å². The van der Waals surface area contributed by atoms with Gasteiger partial charge in [-0.2, -0.15) is 0 Å². The van der Waals surface area contributed by atoms with E-state index in [9.17, 15) is 19.8 Å². The van der Waals surface area contributed by atoms with E-state index in [2.05, 4.69) is 0 Å². The van der Waals surface area contributed by atoms with E-state index in [1.165, 1.54) is 11.9 Å². The monoisotopic (exact) mass is 205 g/mol. The molecule has 0 spiro atoms. The van der Waals surface area contributed by atoms with Crippen molar-refractivity contribution in [1.82, 2.24) is 4.90 Å². The highest BCUT2D eigenvalue weighted by Crippen LogP contribution is 2.31. The second-order valence-corrected chi connectivity index (χ2v) is 3.50. The Bertz CT molecular complexity index is 264. The molecule has 1 rings (SSSR count).